The highest BCUT2D eigenvalue weighted by molar-refractivity contribution is 7.89. The summed E-state index contributed by atoms with van der Waals surface area (Å²) in [6.07, 6.45) is -3.93. The number of nitrogens with one attached hydrogen (secondary N) is 1. The van der Waals surface area contributed by atoms with E-state index < -0.39 is 33.5 Å². The number of hydrogen-bond acceptors (Lipinski definition) is 4. The van der Waals surface area contributed by atoms with Crippen molar-refractivity contribution in [1.29, 1.82) is 0 Å². The highest BCUT2D eigenvalue weighted by Gasteiger charge is 2.51. The van der Waals surface area contributed by atoms with Gasteiger partial charge in [0.15, 0.2) is 0 Å². The number of hydrogen-bond donors (Lipinski definition) is 1. The Bertz CT molecular complexity index is 1220. The molecule has 2 aliphatic heterocycles. The second-order valence-electron chi connectivity index (χ2n) is 8.50. The Hall–Kier alpha value is -1.85. The number of benzene rings is 2. The fraction of sp³-hybridized carbons (Fsp3) is 0.409. The number of alkyl halides is 3. The predicted molar refractivity (Wildman–Crippen MR) is 122 cm³/mol. The molecule has 1 unspecified atom stereocenters. The molecule has 0 saturated carbocycles. The molecule has 34 heavy (non-hydrogen) atoms. The molecular formula is C22H22Cl2F3N3O3S. The van der Waals surface area contributed by atoms with E-state index in [4.69, 9.17) is 23.2 Å². The number of amides is 1. The van der Waals surface area contributed by atoms with Crippen molar-refractivity contribution in [1.82, 2.24) is 14.5 Å². The molecule has 1 atom stereocenters. The number of halogens is 5. The summed E-state index contributed by atoms with van der Waals surface area (Å²) in [5.74, 6) is -0.238. The van der Waals surface area contributed by atoms with Gasteiger partial charge in [-0.1, -0.05) is 35.3 Å². The SMILES string of the molecule is CC1NC2(CCN(S(=O)(=O)c3ccc(Cl)c(Cl)c3)CC2)N(Cc2cccc(C(F)(F)F)c2)C1=O. The maximum absolute atomic E-state index is 13.1. The molecule has 2 saturated heterocycles. The molecule has 2 aliphatic rings. The smallest absolute Gasteiger partial charge is 0.319 e. The first-order valence-corrected chi connectivity index (χ1v) is 12.7. The standard InChI is InChI=1S/C22H22Cl2F3N3O3S/c1-14-20(31)30(13-15-3-2-4-16(11-15)22(25,26)27)21(28-14)7-9-29(10-8-21)34(32,33)17-5-6-18(23)19(24)12-17/h2-6,11-12,14,28H,7-10,13H2,1H3. The first kappa shape index (κ1) is 25.2. The van der Waals surface area contributed by atoms with Crippen LogP contribution in [0.4, 0.5) is 13.2 Å². The van der Waals surface area contributed by atoms with E-state index in [9.17, 15) is 26.4 Å². The van der Waals surface area contributed by atoms with E-state index >= 15 is 0 Å². The Balaban J connectivity index is 1.55. The predicted octanol–water partition coefficient (Wildman–Crippen LogP) is 4.51. The number of carbonyl (C=O) groups excluding carboxylic acids is 1. The number of piperidine rings is 1. The average Bonchev–Trinajstić information content (AvgIpc) is 2.99. The van der Waals surface area contributed by atoms with Crippen LogP contribution in [0.3, 0.4) is 0 Å². The summed E-state index contributed by atoms with van der Waals surface area (Å²) in [5, 5.41) is 3.62. The fourth-order valence-corrected chi connectivity index (χ4v) is 6.37. The summed E-state index contributed by atoms with van der Waals surface area (Å²) in [6.45, 7) is 1.91. The zero-order valence-electron chi connectivity index (χ0n) is 18.1. The Kier molecular flexibility index (Phi) is 6.67. The van der Waals surface area contributed by atoms with Gasteiger partial charge < -0.3 is 4.90 Å². The Morgan fingerprint density at radius 3 is 2.38 bits per heavy atom. The van der Waals surface area contributed by atoms with Gasteiger partial charge in [-0.05, 0) is 55.7 Å². The Morgan fingerprint density at radius 1 is 1.09 bits per heavy atom. The molecule has 4 rings (SSSR count). The minimum atomic E-state index is -4.49. The Labute approximate surface area is 205 Å². The summed E-state index contributed by atoms with van der Waals surface area (Å²) >= 11 is 11.9. The van der Waals surface area contributed by atoms with Crippen molar-refractivity contribution in [2.24, 2.45) is 0 Å². The van der Waals surface area contributed by atoms with Crippen LogP contribution in [0.5, 0.6) is 0 Å². The van der Waals surface area contributed by atoms with E-state index in [1.165, 1.54) is 33.5 Å². The highest BCUT2D eigenvalue weighted by atomic mass is 35.5. The summed E-state index contributed by atoms with van der Waals surface area (Å²) in [5.41, 5.74) is -1.28. The lowest BCUT2D eigenvalue weighted by Gasteiger charge is -2.44. The average molecular weight is 536 g/mol. The van der Waals surface area contributed by atoms with Crippen LogP contribution in [0.1, 0.15) is 30.9 Å². The molecule has 1 spiro atoms. The summed E-state index contributed by atoms with van der Waals surface area (Å²) in [7, 11) is -3.84. The van der Waals surface area contributed by atoms with Gasteiger partial charge in [-0.15, -0.1) is 0 Å². The molecule has 6 nitrogen and oxygen atoms in total. The maximum atomic E-state index is 13.1. The van der Waals surface area contributed by atoms with Crippen molar-refractivity contribution < 1.29 is 26.4 Å². The lowest BCUT2D eigenvalue weighted by atomic mass is 9.96. The van der Waals surface area contributed by atoms with E-state index in [2.05, 4.69) is 5.32 Å². The maximum Gasteiger partial charge on any atom is 0.416 e. The van der Waals surface area contributed by atoms with Crippen molar-refractivity contribution in [2.45, 2.75) is 49.1 Å². The first-order chi connectivity index (χ1) is 15.8. The van der Waals surface area contributed by atoms with Crippen LogP contribution in [0.15, 0.2) is 47.4 Å². The zero-order chi connectivity index (χ0) is 24.9. The van der Waals surface area contributed by atoms with Crippen LogP contribution in [0, 0.1) is 0 Å². The van der Waals surface area contributed by atoms with Gasteiger partial charge in [0.2, 0.25) is 15.9 Å². The molecule has 2 heterocycles. The minimum absolute atomic E-state index is 0.0143. The summed E-state index contributed by atoms with van der Waals surface area (Å²) in [4.78, 5) is 14.5. The molecule has 0 aliphatic carbocycles. The minimum Gasteiger partial charge on any atom is -0.319 e. The van der Waals surface area contributed by atoms with E-state index in [1.807, 2.05) is 0 Å². The fourth-order valence-electron chi connectivity index (χ4n) is 4.54. The van der Waals surface area contributed by atoms with Crippen molar-refractivity contribution in [3.05, 3.63) is 63.6 Å². The Morgan fingerprint density at radius 2 is 1.76 bits per heavy atom. The molecule has 0 radical (unpaired) electrons. The van der Waals surface area contributed by atoms with Gasteiger partial charge in [-0.3, -0.25) is 10.1 Å². The number of nitrogens with zero attached hydrogens (tertiary/aromatic N) is 2. The molecular weight excluding hydrogens is 514 g/mol. The largest absolute Gasteiger partial charge is 0.416 e. The monoisotopic (exact) mass is 535 g/mol. The van der Waals surface area contributed by atoms with Gasteiger partial charge in [-0.25, -0.2) is 8.42 Å². The summed E-state index contributed by atoms with van der Waals surface area (Å²) < 4.78 is 66.9. The molecule has 2 aromatic carbocycles. The summed E-state index contributed by atoms with van der Waals surface area (Å²) in [6, 6.07) is 8.43. The third kappa shape index (κ3) is 4.66. The molecule has 2 fully saturated rings. The number of sulfonamides is 1. The van der Waals surface area contributed by atoms with Gasteiger partial charge in [0.1, 0.15) is 0 Å². The van der Waals surface area contributed by atoms with Crippen LogP contribution >= 0.6 is 23.2 Å². The number of rotatable bonds is 4. The molecule has 1 amide bonds. The van der Waals surface area contributed by atoms with Crippen LogP contribution in [-0.2, 0) is 27.5 Å². The normalized spacial score (nSPS) is 21.4. The molecule has 1 N–H and O–H groups in total. The first-order valence-electron chi connectivity index (χ1n) is 10.5. The molecule has 0 bridgehead atoms. The quantitative estimate of drug-likeness (QED) is 0.625. The molecule has 184 valence electrons. The second kappa shape index (κ2) is 8.98. The van der Waals surface area contributed by atoms with Crippen LogP contribution in [-0.4, -0.2) is 48.3 Å². The second-order valence-corrected chi connectivity index (χ2v) is 11.3. The number of carbonyl (C=O) groups is 1. The van der Waals surface area contributed by atoms with Crippen molar-refractivity contribution in [3.63, 3.8) is 0 Å². The van der Waals surface area contributed by atoms with Gasteiger partial charge in [0.25, 0.3) is 0 Å². The zero-order valence-corrected chi connectivity index (χ0v) is 20.4. The van der Waals surface area contributed by atoms with Crippen molar-refractivity contribution in [2.75, 3.05) is 13.1 Å². The molecule has 0 aromatic heterocycles. The van der Waals surface area contributed by atoms with Gasteiger partial charge in [-0.2, -0.15) is 17.5 Å². The van der Waals surface area contributed by atoms with E-state index in [0.717, 1.165) is 12.1 Å². The van der Waals surface area contributed by atoms with Gasteiger partial charge in [0, 0.05) is 19.6 Å². The third-order valence-electron chi connectivity index (χ3n) is 6.31. The van der Waals surface area contributed by atoms with Crippen LogP contribution in [0.2, 0.25) is 10.0 Å². The van der Waals surface area contributed by atoms with E-state index in [0.29, 0.717) is 5.56 Å². The molecule has 12 heteroatoms. The van der Waals surface area contributed by atoms with Crippen LogP contribution < -0.4 is 5.32 Å². The lowest BCUT2D eigenvalue weighted by molar-refractivity contribution is -0.137. The van der Waals surface area contributed by atoms with Crippen molar-refractivity contribution in [3.8, 4) is 0 Å². The van der Waals surface area contributed by atoms with E-state index in [-0.39, 0.29) is 53.3 Å². The van der Waals surface area contributed by atoms with E-state index in [1.54, 1.807) is 13.0 Å². The van der Waals surface area contributed by atoms with Gasteiger partial charge in [0.05, 0.1) is 32.2 Å². The molecule has 2 aromatic rings. The topological polar surface area (TPSA) is 69.7 Å². The highest BCUT2D eigenvalue weighted by Crippen LogP contribution is 2.37. The van der Waals surface area contributed by atoms with Crippen molar-refractivity contribution >= 4 is 39.1 Å². The third-order valence-corrected chi connectivity index (χ3v) is 8.95. The lowest BCUT2D eigenvalue weighted by Crippen LogP contribution is -2.59. The van der Waals surface area contributed by atoms with Crippen LogP contribution in [0.25, 0.3) is 0 Å². The van der Waals surface area contributed by atoms with Gasteiger partial charge >= 0.3 is 6.18 Å².